The summed E-state index contributed by atoms with van der Waals surface area (Å²) in [5.41, 5.74) is 0.498. The van der Waals surface area contributed by atoms with Crippen LogP contribution in [0.1, 0.15) is 6.42 Å². The molecule has 1 amide bonds. The average molecular weight is 294 g/mol. The van der Waals surface area contributed by atoms with E-state index >= 15 is 0 Å². The van der Waals surface area contributed by atoms with Crippen molar-refractivity contribution in [2.75, 3.05) is 18.4 Å². The highest BCUT2D eigenvalue weighted by atomic mass is 35.5. The van der Waals surface area contributed by atoms with E-state index in [9.17, 15) is 4.79 Å². The number of nitrogens with one attached hydrogen (secondary N) is 2. The lowest BCUT2D eigenvalue weighted by atomic mass is 9.99. The van der Waals surface area contributed by atoms with E-state index in [4.69, 9.17) is 34.8 Å². The molecule has 2 N–H and O–H groups in total. The predicted molar refractivity (Wildman–Crippen MR) is 71.1 cm³/mol. The fraction of sp³-hybridized carbons (Fsp3) is 0.364. The number of anilines is 1. The molecule has 1 aromatic carbocycles. The minimum Gasteiger partial charge on any atom is -0.325 e. The lowest BCUT2D eigenvalue weighted by Gasteiger charge is -2.26. The molecular formula is C11H11Cl3N2O. The first-order valence-electron chi connectivity index (χ1n) is 5.21. The van der Waals surface area contributed by atoms with Gasteiger partial charge in [-0.3, -0.25) is 4.79 Å². The van der Waals surface area contributed by atoms with E-state index in [0.717, 1.165) is 13.1 Å². The number of carbonyl (C=O) groups excluding carboxylic acids is 1. The molecule has 2 rings (SSSR count). The van der Waals surface area contributed by atoms with Gasteiger partial charge in [0, 0.05) is 6.42 Å². The van der Waals surface area contributed by atoms with Crippen molar-refractivity contribution in [3.63, 3.8) is 0 Å². The standard InChI is InChI=1S/C11H11Cl3N2O/c12-7-2-9(14)10(3-8(7)13)16-11(17)1-6-4-15-5-6/h2-3,6,15H,1,4-5H2,(H,16,17). The van der Waals surface area contributed by atoms with E-state index in [0.29, 0.717) is 33.1 Å². The molecule has 1 fully saturated rings. The number of hydrogen-bond donors (Lipinski definition) is 2. The van der Waals surface area contributed by atoms with Gasteiger partial charge in [0.15, 0.2) is 0 Å². The molecule has 6 heteroatoms. The second-order valence-corrected chi connectivity index (χ2v) is 5.24. The van der Waals surface area contributed by atoms with E-state index in [2.05, 4.69) is 10.6 Å². The normalized spacial score (nSPS) is 15.5. The molecule has 0 aromatic heterocycles. The van der Waals surface area contributed by atoms with E-state index in [1.807, 2.05) is 0 Å². The molecule has 1 aromatic rings. The molecule has 0 radical (unpaired) electrons. The molecule has 0 atom stereocenters. The Morgan fingerprint density at radius 2 is 1.88 bits per heavy atom. The molecule has 1 aliphatic heterocycles. The number of halogens is 3. The summed E-state index contributed by atoms with van der Waals surface area (Å²) in [6.45, 7) is 1.78. The van der Waals surface area contributed by atoms with Crippen molar-refractivity contribution in [1.82, 2.24) is 5.32 Å². The molecular weight excluding hydrogens is 282 g/mol. The molecule has 92 valence electrons. The number of hydrogen-bond acceptors (Lipinski definition) is 2. The Kier molecular flexibility index (Phi) is 4.15. The van der Waals surface area contributed by atoms with Crippen LogP contribution < -0.4 is 10.6 Å². The van der Waals surface area contributed by atoms with Gasteiger partial charge in [0.1, 0.15) is 0 Å². The molecule has 0 bridgehead atoms. The SMILES string of the molecule is O=C(CC1CNC1)Nc1cc(Cl)c(Cl)cc1Cl. The van der Waals surface area contributed by atoms with Crippen molar-refractivity contribution in [1.29, 1.82) is 0 Å². The Balaban J connectivity index is 2.02. The lowest BCUT2D eigenvalue weighted by molar-refractivity contribution is -0.117. The first-order chi connectivity index (χ1) is 8.06. The van der Waals surface area contributed by atoms with E-state index in [1.54, 1.807) is 6.07 Å². The van der Waals surface area contributed by atoms with Crippen LogP contribution in [0.3, 0.4) is 0 Å². The van der Waals surface area contributed by atoms with Crippen LogP contribution in [0.5, 0.6) is 0 Å². The Labute approximate surface area is 114 Å². The minimum absolute atomic E-state index is 0.0585. The summed E-state index contributed by atoms with van der Waals surface area (Å²) < 4.78 is 0. The molecule has 1 saturated heterocycles. The Bertz CT molecular complexity index is 447. The van der Waals surface area contributed by atoms with Gasteiger partial charge in [-0.2, -0.15) is 0 Å². The second kappa shape index (κ2) is 5.44. The molecule has 0 aliphatic carbocycles. The summed E-state index contributed by atoms with van der Waals surface area (Å²) in [6.07, 6.45) is 0.490. The fourth-order valence-corrected chi connectivity index (χ4v) is 2.17. The number of carbonyl (C=O) groups is 1. The van der Waals surface area contributed by atoms with Gasteiger partial charge in [-0.1, -0.05) is 34.8 Å². The largest absolute Gasteiger partial charge is 0.325 e. The van der Waals surface area contributed by atoms with Crippen molar-refractivity contribution in [3.05, 3.63) is 27.2 Å². The molecule has 0 spiro atoms. The van der Waals surface area contributed by atoms with Crippen LogP contribution in [0.2, 0.25) is 15.1 Å². The van der Waals surface area contributed by atoms with Crippen LogP contribution in [0.4, 0.5) is 5.69 Å². The fourth-order valence-electron chi connectivity index (χ4n) is 1.57. The van der Waals surface area contributed by atoms with E-state index in [1.165, 1.54) is 6.07 Å². The van der Waals surface area contributed by atoms with Gasteiger partial charge < -0.3 is 10.6 Å². The highest BCUT2D eigenvalue weighted by Crippen LogP contribution is 2.32. The first kappa shape index (κ1) is 13.0. The Morgan fingerprint density at radius 1 is 1.24 bits per heavy atom. The third-order valence-electron chi connectivity index (χ3n) is 2.62. The van der Waals surface area contributed by atoms with Gasteiger partial charge in [0.05, 0.1) is 20.8 Å². The van der Waals surface area contributed by atoms with Gasteiger partial charge in [0.25, 0.3) is 0 Å². The quantitative estimate of drug-likeness (QED) is 0.840. The van der Waals surface area contributed by atoms with Gasteiger partial charge >= 0.3 is 0 Å². The van der Waals surface area contributed by atoms with Crippen LogP contribution >= 0.6 is 34.8 Å². The maximum absolute atomic E-state index is 11.7. The van der Waals surface area contributed by atoms with Crippen LogP contribution in [-0.4, -0.2) is 19.0 Å². The van der Waals surface area contributed by atoms with Gasteiger partial charge in [-0.15, -0.1) is 0 Å². The van der Waals surface area contributed by atoms with E-state index in [-0.39, 0.29) is 5.91 Å². The highest BCUT2D eigenvalue weighted by molar-refractivity contribution is 6.44. The third-order valence-corrected chi connectivity index (χ3v) is 3.66. The number of rotatable bonds is 3. The van der Waals surface area contributed by atoms with Gasteiger partial charge in [-0.05, 0) is 31.1 Å². The van der Waals surface area contributed by atoms with Crippen molar-refractivity contribution in [2.45, 2.75) is 6.42 Å². The summed E-state index contributed by atoms with van der Waals surface area (Å²) in [5, 5.41) is 6.98. The molecule has 3 nitrogen and oxygen atoms in total. The lowest BCUT2D eigenvalue weighted by Crippen LogP contribution is -2.43. The van der Waals surface area contributed by atoms with Crippen LogP contribution in [0.15, 0.2) is 12.1 Å². The minimum atomic E-state index is -0.0585. The highest BCUT2D eigenvalue weighted by Gasteiger charge is 2.20. The van der Waals surface area contributed by atoms with Crippen molar-refractivity contribution >= 4 is 46.4 Å². The molecule has 17 heavy (non-hydrogen) atoms. The zero-order valence-corrected chi connectivity index (χ0v) is 11.2. The van der Waals surface area contributed by atoms with Crippen molar-refractivity contribution in [2.24, 2.45) is 5.92 Å². The summed E-state index contributed by atoms with van der Waals surface area (Å²) in [5.74, 6) is 0.355. The smallest absolute Gasteiger partial charge is 0.224 e. The van der Waals surface area contributed by atoms with Gasteiger partial charge in [0.2, 0.25) is 5.91 Å². The molecule has 0 unspecified atom stereocenters. The van der Waals surface area contributed by atoms with Crippen molar-refractivity contribution in [3.8, 4) is 0 Å². The topological polar surface area (TPSA) is 41.1 Å². The van der Waals surface area contributed by atoms with Crippen LogP contribution in [0, 0.1) is 5.92 Å². The molecule has 0 saturated carbocycles. The number of benzene rings is 1. The van der Waals surface area contributed by atoms with Crippen LogP contribution in [0.25, 0.3) is 0 Å². The maximum Gasteiger partial charge on any atom is 0.224 e. The summed E-state index contributed by atoms with van der Waals surface area (Å²) >= 11 is 17.6. The monoisotopic (exact) mass is 292 g/mol. The van der Waals surface area contributed by atoms with Crippen molar-refractivity contribution < 1.29 is 4.79 Å². The average Bonchev–Trinajstić information content (AvgIpc) is 2.20. The molecule has 1 heterocycles. The Morgan fingerprint density at radius 3 is 2.47 bits per heavy atom. The summed E-state index contributed by atoms with van der Waals surface area (Å²) in [7, 11) is 0. The van der Waals surface area contributed by atoms with E-state index < -0.39 is 0 Å². The third kappa shape index (κ3) is 3.26. The van der Waals surface area contributed by atoms with Crippen LogP contribution in [-0.2, 0) is 4.79 Å². The zero-order chi connectivity index (χ0) is 12.4. The second-order valence-electron chi connectivity index (χ2n) is 4.02. The van der Waals surface area contributed by atoms with Gasteiger partial charge in [-0.25, -0.2) is 0 Å². The maximum atomic E-state index is 11.7. The first-order valence-corrected chi connectivity index (χ1v) is 6.35. The number of amides is 1. The molecule has 1 aliphatic rings. The predicted octanol–water partition coefficient (Wildman–Crippen LogP) is 3.19. The zero-order valence-electron chi connectivity index (χ0n) is 8.90. The summed E-state index contributed by atoms with van der Waals surface area (Å²) in [4.78, 5) is 11.7. The Hall–Kier alpha value is -0.480. The summed E-state index contributed by atoms with van der Waals surface area (Å²) in [6, 6.07) is 3.08.